The highest BCUT2D eigenvalue weighted by molar-refractivity contribution is 6.17. The number of aromatic nitrogens is 2. The summed E-state index contributed by atoms with van der Waals surface area (Å²) < 4.78 is 1.69. The van der Waals surface area contributed by atoms with Crippen LogP contribution in [0.25, 0.3) is 5.69 Å². The summed E-state index contributed by atoms with van der Waals surface area (Å²) in [5.74, 6) is 0.403. The Balaban J connectivity index is 2.12. The standard InChI is InChI=1S/C16H20ClN3O/c1-3-16(2,9-10-17)19-15(21)13-11-18-20(12-13)14-7-5-4-6-8-14/h4-8,11-12H,3,9-10H2,1-2H3,(H,19,21). The molecule has 1 aromatic carbocycles. The third kappa shape index (κ3) is 3.85. The summed E-state index contributed by atoms with van der Waals surface area (Å²) >= 11 is 5.81. The van der Waals surface area contributed by atoms with Crippen molar-refractivity contribution in [2.45, 2.75) is 32.2 Å². The second-order valence-electron chi connectivity index (χ2n) is 5.32. The first-order valence-electron chi connectivity index (χ1n) is 7.06. The molecule has 21 heavy (non-hydrogen) atoms. The highest BCUT2D eigenvalue weighted by atomic mass is 35.5. The minimum atomic E-state index is -0.284. The van der Waals surface area contributed by atoms with Gasteiger partial charge in [-0.1, -0.05) is 25.1 Å². The Kier molecular flexibility index (Phi) is 5.02. The van der Waals surface area contributed by atoms with Crippen LogP contribution in [0.15, 0.2) is 42.7 Å². The summed E-state index contributed by atoms with van der Waals surface area (Å²) in [6.45, 7) is 4.05. The Morgan fingerprint density at radius 2 is 2.10 bits per heavy atom. The number of rotatable bonds is 6. The van der Waals surface area contributed by atoms with E-state index in [0.29, 0.717) is 11.4 Å². The van der Waals surface area contributed by atoms with Crippen molar-refractivity contribution in [3.63, 3.8) is 0 Å². The van der Waals surface area contributed by atoms with Crippen LogP contribution in [0.3, 0.4) is 0 Å². The van der Waals surface area contributed by atoms with Gasteiger partial charge in [-0.3, -0.25) is 4.79 Å². The third-order valence-electron chi connectivity index (χ3n) is 3.71. The van der Waals surface area contributed by atoms with E-state index in [2.05, 4.69) is 10.4 Å². The molecule has 1 unspecified atom stereocenters. The molecule has 0 fully saturated rings. The van der Waals surface area contributed by atoms with Crippen LogP contribution in [0, 0.1) is 0 Å². The summed E-state index contributed by atoms with van der Waals surface area (Å²) in [6.07, 6.45) is 4.89. The number of nitrogens with one attached hydrogen (secondary N) is 1. The topological polar surface area (TPSA) is 46.9 Å². The summed E-state index contributed by atoms with van der Waals surface area (Å²) in [5, 5.41) is 7.29. The van der Waals surface area contributed by atoms with Gasteiger partial charge in [-0.25, -0.2) is 4.68 Å². The zero-order valence-electron chi connectivity index (χ0n) is 12.3. The second-order valence-corrected chi connectivity index (χ2v) is 5.69. The maximum absolute atomic E-state index is 12.3. The molecule has 4 nitrogen and oxygen atoms in total. The number of carbonyl (C=O) groups excluding carboxylic acids is 1. The van der Waals surface area contributed by atoms with Crippen molar-refractivity contribution in [1.82, 2.24) is 15.1 Å². The fraction of sp³-hybridized carbons (Fsp3) is 0.375. The fourth-order valence-electron chi connectivity index (χ4n) is 2.04. The van der Waals surface area contributed by atoms with Crippen LogP contribution < -0.4 is 5.32 Å². The highest BCUT2D eigenvalue weighted by Crippen LogP contribution is 2.16. The van der Waals surface area contributed by atoms with E-state index in [-0.39, 0.29) is 11.4 Å². The molecule has 1 heterocycles. The van der Waals surface area contributed by atoms with E-state index in [9.17, 15) is 4.79 Å². The van der Waals surface area contributed by atoms with Gasteiger partial charge in [0.05, 0.1) is 17.4 Å². The van der Waals surface area contributed by atoms with Gasteiger partial charge >= 0.3 is 0 Å². The number of nitrogens with zero attached hydrogens (tertiary/aromatic N) is 2. The van der Waals surface area contributed by atoms with Crippen LogP contribution >= 0.6 is 11.6 Å². The van der Waals surface area contributed by atoms with Crippen molar-refractivity contribution < 1.29 is 4.79 Å². The minimum Gasteiger partial charge on any atom is -0.347 e. The van der Waals surface area contributed by atoms with Gasteiger partial charge in [-0.05, 0) is 31.9 Å². The molecular formula is C16H20ClN3O. The van der Waals surface area contributed by atoms with Crippen molar-refractivity contribution in [3.8, 4) is 5.69 Å². The molecule has 0 bridgehead atoms. The molecule has 1 N–H and O–H groups in total. The van der Waals surface area contributed by atoms with Crippen LogP contribution in [0.2, 0.25) is 0 Å². The smallest absolute Gasteiger partial charge is 0.254 e. The summed E-state index contributed by atoms with van der Waals surface area (Å²) in [6, 6.07) is 9.70. The van der Waals surface area contributed by atoms with Crippen molar-refractivity contribution >= 4 is 17.5 Å². The van der Waals surface area contributed by atoms with Crippen molar-refractivity contribution in [2.75, 3.05) is 5.88 Å². The largest absolute Gasteiger partial charge is 0.347 e. The number of hydrogen-bond donors (Lipinski definition) is 1. The molecule has 2 rings (SSSR count). The first-order chi connectivity index (χ1) is 10.1. The second kappa shape index (κ2) is 6.76. The molecule has 0 spiro atoms. The van der Waals surface area contributed by atoms with Gasteiger partial charge in [0.2, 0.25) is 0 Å². The molecule has 1 atom stereocenters. The van der Waals surface area contributed by atoms with Crippen LogP contribution in [0.1, 0.15) is 37.0 Å². The Hall–Kier alpha value is -1.81. The zero-order chi connectivity index (χ0) is 15.3. The molecule has 0 saturated carbocycles. The first kappa shape index (κ1) is 15.6. The lowest BCUT2D eigenvalue weighted by Gasteiger charge is -2.28. The molecule has 112 valence electrons. The van der Waals surface area contributed by atoms with Gasteiger partial charge in [-0.15, -0.1) is 11.6 Å². The number of amides is 1. The lowest BCUT2D eigenvalue weighted by molar-refractivity contribution is 0.0901. The number of carbonyl (C=O) groups is 1. The van der Waals surface area contributed by atoms with Crippen molar-refractivity contribution in [3.05, 3.63) is 48.3 Å². The molecule has 0 aliphatic rings. The van der Waals surface area contributed by atoms with E-state index in [4.69, 9.17) is 11.6 Å². The van der Waals surface area contributed by atoms with Gasteiger partial charge in [0.1, 0.15) is 0 Å². The average Bonchev–Trinajstić information content (AvgIpc) is 2.98. The quantitative estimate of drug-likeness (QED) is 0.831. The third-order valence-corrected chi connectivity index (χ3v) is 3.90. The van der Waals surface area contributed by atoms with Gasteiger partial charge in [0, 0.05) is 17.6 Å². The zero-order valence-corrected chi connectivity index (χ0v) is 13.1. The maximum atomic E-state index is 12.3. The molecule has 5 heteroatoms. The summed E-state index contributed by atoms with van der Waals surface area (Å²) in [7, 11) is 0. The Morgan fingerprint density at radius 1 is 1.38 bits per heavy atom. The molecule has 0 aliphatic heterocycles. The van der Waals surface area contributed by atoms with Gasteiger partial charge in [0.15, 0.2) is 0 Å². The van der Waals surface area contributed by atoms with E-state index in [1.54, 1.807) is 17.1 Å². The molecule has 2 aromatic rings. The normalized spacial score (nSPS) is 13.7. The Morgan fingerprint density at radius 3 is 2.71 bits per heavy atom. The molecule has 0 aliphatic carbocycles. The van der Waals surface area contributed by atoms with Crippen molar-refractivity contribution in [2.24, 2.45) is 0 Å². The number of para-hydroxylation sites is 1. The molecule has 1 amide bonds. The Labute approximate surface area is 130 Å². The number of halogens is 1. The lowest BCUT2D eigenvalue weighted by atomic mass is 9.95. The highest BCUT2D eigenvalue weighted by Gasteiger charge is 2.24. The van der Waals surface area contributed by atoms with Crippen LogP contribution in [0.4, 0.5) is 0 Å². The van der Waals surface area contributed by atoms with Crippen LogP contribution in [-0.4, -0.2) is 27.1 Å². The fourth-order valence-corrected chi connectivity index (χ4v) is 2.46. The molecular weight excluding hydrogens is 286 g/mol. The van der Waals surface area contributed by atoms with E-state index < -0.39 is 0 Å². The van der Waals surface area contributed by atoms with Crippen LogP contribution in [0.5, 0.6) is 0 Å². The lowest BCUT2D eigenvalue weighted by Crippen LogP contribution is -2.45. The predicted octanol–water partition coefficient (Wildman–Crippen LogP) is 3.40. The molecule has 0 radical (unpaired) electrons. The number of alkyl halides is 1. The van der Waals surface area contributed by atoms with Crippen LogP contribution in [-0.2, 0) is 0 Å². The molecule has 0 saturated heterocycles. The van der Waals surface area contributed by atoms with Gasteiger partial charge < -0.3 is 5.32 Å². The average molecular weight is 306 g/mol. The van der Waals surface area contributed by atoms with E-state index >= 15 is 0 Å². The SMILES string of the molecule is CCC(C)(CCCl)NC(=O)c1cnn(-c2ccccc2)c1. The number of benzene rings is 1. The van der Waals surface area contributed by atoms with Crippen molar-refractivity contribution in [1.29, 1.82) is 0 Å². The Bertz CT molecular complexity index is 597. The van der Waals surface area contributed by atoms with Gasteiger partial charge in [0.25, 0.3) is 5.91 Å². The minimum absolute atomic E-state index is 0.119. The first-order valence-corrected chi connectivity index (χ1v) is 7.60. The van der Waals surface area contributed by atoms with Gasteiger partial charge in [-0.2, -0.15) is 5.10 Å². The summed E-state index contributed by atoms with van der Waals surface area (Å²) in [5.41, 5.74) is 1.19. The molecule has 1 aromatic heterocycles. The predicted molar refractivity (Wildman–Crippen MR) is 85.1 cm³/mol. The summed E-state index contributed by atoms with van der Waals surface area (Å²) in [4.78, 5) is 12.3. The van der Waals surface area contributed by atoms with E-state index in [1.165, 1.54) is 0 Å². The van der Waals surface area contributed by atoms with E-state index in [0.717, 1.165) is 18.5 Å². The number of hydrogen-bond acceptors (Lipinski definition) is 2. The monoisotopic (exact) mass is 305 g/mol. The maximum Gasteiger partial charge on any atom is 0.254 e. The van der Waals surface area contributed by atoms with E-state index in [1.807, 2.05) is 44.2 Å².